The topological polar surface area (TPSA) is 61.5 Å². The van der Waals surface area contributed by atoms with Gasteiger partial charge in [-0.1, -0.05) is 6.07 Å². The molecule has 0 bridgehead atoms. The van der Waals surface area contributed by atoms with E-state index in [1.807, 2.05) is 13.0 Å². The van der Waals surface area contributed by atoms with Crippen molar-refractivity contribution in [1.29, 1.82) is 0 Å². The lowest BCUT2D eigenvalue weighted by molar-refractivity contribution is -0.144. The quantitative estimate of drug-likeness (QED) is 0.867. The molecule has 0 aliphatic heterocycles. The van der Waals surface area contributed by atoms with E-state index in [-0.39, 0.29) is 0 Å². The van der Waals surface area contributed by atoms with Gasteiger partial charge in [-0.25, -0.2) is 4.79 Å². The Bertz CT molecular complexity index is 397. The molecule has 0 radical (unpaired) electrons. The Labute approximate surface area is 109 Å². The molecule has 1 atom stereocenters. The zero-order valence-electron chi connectivity index (χ0n) is 10.1. The molecule has 2 N–H and O–H groups in total. The first kappa shape index (κ1) is 14.0. The summed E-state index contributed by atoms with van der Waals surface area (Å²) in [5.74, 6) is 0.314. The second kappa shape index (κ2) is 6.02. The third-order valence-electron chi connectivity index (χ3n) is 2.36. The number of nitrogens with two attached hydrogens (primary N) is 1. The highest BCUT2D eigenvalue weighted by atomic mass is 79.9. The number of ether oxygens (including phenoxy) is 2. The number of hydrogen-bond acceptors (Lipinski definition) is 4. The van der Waals surface area contributed by atoms with Gasteiger partial charge in [-0.05, 0) is 47.0 Å². The highest BCUT2D eigenvalue weighted by molar-refractivity contribution is 9.10. The number of halogens is 1. The molecule has 0 aliphatic carbocycles. The van der Waals surface area contributed by atoms with Gasteiger partial charge in [-0.3, -0.25) is 0 Å². The lowest BCUT2D eigenvalue weighted by Crippen LogP contribution is -2.23. The average molecular weight is 302 g/mol. The van der Waals surface area contributed by atoms with Crippen LogP contribution in [0, 0.1) is 6.92 Å². The Balaban J connectivity index is 3.04. The normalized spacial score (nSPS) is 12.1. The van der Waals surface area contributed by atoms with Crippen molar-refractivity contribution in [2.24, 2.45) is 5.73 Å². The molecule has 1 rings (SSSR count). The fraction of sp³-hybridized carbons (Fsp3) is 0.417. The average Bonchev–Trinajstić information content (AvgIpc) is 2.27. The van der Waals surface area contributed by atoms with Crippen molar-refractivity contribution in [2.45, 2.75) is 19.9 Å². The third kappa shape index (κ3) is 3.20. The van der Waals surface area contributed by atoms with Crippen LogP contribution in [0.3, 0.4) is 0 Å². The summed E-state index contributed by atoms with van der Waals surface area (Å²) in [6, 6.07) is 2.83. The van der Waals surface area contributed by atoms with E-state index in [2.05, 4.69) is 15.9 Å². The second-order valence-electron chi connectivity index (χ2n) is 3.58. The number of esters is 1. The maximum Gasteiger partial charge on any atom is 0.327 e. The molecule has 5 heteroatoms. The second-order valence-corrected chi connectivity index (χ2v) is 4.44. The largest absolute Gasteiger partial charge is 0.495 e. The lowest BCUT2D eigenvalue weighted by Gasteiger charge is -2.14. The Hall–Kier alpha value is -1.07. The van der Waals surface area contributed by atoms with Gasteiger partial charge in [0.15, 0.2) is 0 Å². The standard InChI is InChI=1S/C12H16BrNO3/c1-4-17-12(15)10(14)8-5-7(2)11(16-3)9(13)6-8/h5-6,10H,4,14H2,1-3H3. The third-order valence-corrected chi connectivity index (χ3v) is 2.94. The van der Waals surface area contributed by atoms with Crippen LogP contribution in [0.5, 0.6) is 5.75 Å². The molecule has 94 valence electrons. The SMILES string of the molecule is CCOC(=O)C(N)c1cc(C)c(OC)c(Br)c1. The maximum atomic E-state index is 11.5. The zero-order chi connectivity index (χ0) is 13.0. The van der Waals surface area contributed by atoms with Crippen molar-refractivity contribution in [3.05, 3.63) is 27.7 Å². The molecule has 4 nitrogen and oxygen atoms in total. The summed E-state index contributed by atoms with van der Waals surface area (Å²) < 4.78 is 10.9. The van der Waals surface area contributed by atoms with Crippen molar-refractivity contribution in [1.82, 2.24) is 0 Å². The van der Waals surface area contributed by atoms with E-state index in [1.54, 1.807) is 20.1 Å². The van der Waals surface area contributed by atoms with Crippen LogP contribution < -0.4 is 10.5 Å². The Morgan fingerprint density at radius 1 is 1.53 bits per heavy atom. The summed E-state index contributed by atoms with van der Waals surface area (Å²) in [5.41, 5.74) is 7.43. The monoisotopic (exact) mass is 301 g/mol. The van der Waals surface area contributed by atoms with Gasteiger partial charge in [-0.2, -0.15) is 0 Å². The van der Waals surface area contributed by atoms with Crippen LogP contribution in [0.4, 0.5) is 0 Å². The molecule has 1 aromatic carbocycles. The Morgan fingerprint density at radius 3 is 2.65 bits per heavy atom. The van der Waals surface area contributed by atoms with Crippen LogP contribution in [0.2, 0.25) is 0 Å². The molecule has 0 amide bonds. The van der Waals surface area contributed by atoms with E-state index < -0.39 is 12.0 Å². The number of benzene rings is 1. The summed E-state index contributed by atoms with van der Waals surface area (Å²) in [5, 5.41) is 0. The summed E-state index contributed by atoms with van der Waals surface area (Å²) in [4.78, 5) is 11.5. The van der Waals surface area contributed by atoms with Crippen molar-refractivity contribution in [2.75, 3.05) is 13.7 Å². The first-order valence-electron chi connectivity index (χ1n) is 5.27. The van der Waals surface area contributed by atoms with Crippen LogP contribution in [0.15, 0.2) is 16.6 Å². The van der Waals surface area contributed by atoms with Gasteiger partial charge < -0.3 is 15.2 Å². The van der Waals surface area contributed by atoms with Crippen LogP contribution in [0.25, 0.3) is 0 Å². The highest BCUT2D eigenvalue weighted by Gasteiger charge is 2.19. The van der Waals surface area contributed by atoms with Gasteiger partial charge in [0.05, 0.1) is 18.2 Å². The molecular formula is C12H16BrNO3. The Kier molecular flexibility index (Phi) is 4.96. The van der Waals surface area contributed by atoms with Crippen LogP contribution in [0.1, 0.15) is 24.1 Å². The number of carbonyl (C=O) groups excluding carboxylic acids is 1. The minimum absolute atomic E-state index is 0.322. The molecule has 0 spiro atoms. The van der Waals surface area contributed by atoms with E-state index in [4.69, 9.17) is 15.2 Å². The maximum absolute atomic E-state index is 11.5. The molecule has 0 saturated carbocycles. The van der Waals surface area contributed by atoms with Gasteiger partial charge in [0, 0.05) is 0 Å². The number of carbonyl (C=O) groups is 1. The van der Waals surface area contributed by atoms with Gasteiger partial charge in [0.1, 0.15) is 11.8 Å². The van der Waals surface area contributed by atoms with Crippen molar-refractivity contribution in [3.63, 3.8) is 0 Å². The highest BCUT2D eigenvalue weighted by Crippen LogP contribution is 2.31. The molecule has 0 aliphatic rings. The summed E-state index contributed by atoms with van der Waals surface area (Å²) in [6.45, 7) is 3.97. The van der Waals surface area contributed by atoms with Gasteiger partial charge in [0.2, 0.25) is 0 Å². The van der Waals surface area contributed by atoms with E-state index in [9.17, 15) is 4.79 Å². The lowest BCUT2D eigenvalue weighted by atomic mass is 10.0. The first-order chi connectivity index (χ1) is 8.01. The molecule has 0 fully saturated rings. The van der Waals surface area contributed by atoms with Crippen LogP contribution in [-0.2, 0) is 9.53 Å². The molecule has 17 heavy (non-hydrogen) atoms. The smallest absolute Gasteiger partial charge is 0.327 e. The van der Waals surface area contributed by atoms with Crippen molar-refractivity contribution < 1.29 is 14.3 Å². The summed E-state index contributed by atoms with van der Waals surface area (Å²) in [6.07, 6.45) is 0. The van der Waals surface area contributed by atoms with E-state index >= 15 is 0 Å². The van der Waals surface area contributed by atoms with Gasteiger partial charge in [0.25, 0.3) is 0 Å². The van der Waals surface area contributed by atoms with Crippen molar-refractivity contribution >= 4 is 21.9 Å². The molecule has 1 unspecified atom stereocenters. The molecule has 0 aromatic heterocycles. The molecule has 0 saturated heterocycles. The summed E-state index contributed by atoms with van der Waals surface area (Å²) >= 11 is 3.38. The molecular weight excluding hydrogens is 286 g/mol. The fourth-order valence-electron chi connectivity index (χ4n) is 1.56. The number of hydrogen-bond donors (Lipinski definition) is 1. The minimum Gasteiger partial charge on any atom is -0.495 e. The predicted molar refractivity (Wildman–Crippen MR) is 69.0 cm³/mol. The first-order valence-corrected chi connectivity index (χ1v) is 6.06. The summed E-state index contributed by atoms with van der Waals surface area (Å²) in [7, 11) is 1.60. The molecule has 1 aromatic rings. The van der Waals surface area contributed by atoms with E-state index in [0.29, 0.717) is 12.2 Å². The van der Waals surface area contributed by atoms with Crippen LogP contribution in [-0.4, -0.2) is 19.7 Å². The Morgan fingerprint density at radius 2 is 2.18 bits per heavy atom. The number of rotatable bonds is 4. The van der Waals surface area contributed by atoms with Crippen molar-refractivity contribution in [3.8, 4) is 5.75 Å². The predicted octanol–water partition coefficient (Wildman–Crippen LogP) is 2.33. The fourth-order valence-corrected chi connectivity index (χ4v) is 2.30. The number of methoxy groups -OCH3 is 1. The van der Waals surface area contributed by atoms with Gasteiger partial charge in [-0.15, -0.1) is 0 Å². The van der Waals surface area contributed by atoms with Crippen LogP contribution >= 0.6 is 15.9 Å². The van der Waals surface area contributed by atoms with Gasteiger partial charge >= 0.3 is 5.97 Å². The molecule has 0 heterocycles. The minimum atomic E-state index is -0.768. The zero-order valence-corrected chi connectivity index (χ0v) is 11.7. The van der Waals surface area contributed by atoms with E-state index in [1.165, 1.54) is 0 Å². The van der Waals surface area contributed by atoms with E-state index in [0.717, 1.165) is 15.8 Å². The number of aryl methyl sites for hydroxylation is 1.